The number of nitrogens with zero attached hydrogens (tertiary/aromatic N) is 1. The second-order valence-corrected chi connectivity index (χ2v) is 8.81. The second kappa shape index (κ2) is 14.9. The van der Waals surface area contributed by atoms with Crippen molar-refractivity contribution >= 4 is 23.7 Å². The number of ether oxygens (including phenoxy) is 1. The van der Waals surface area contributed by atoms with Gasteiger partial charge < -0.3 is 42.0 Å². The van der Waals surface area contributed by atoms with Gasteiger partial charge >= 0.3 is 5.97 Å². The Morgan fingerprint density at radius 1 is 1.18 bits per heavy atom. The summed E-state index contributed by atoms with van der Waals surface area (Å²) in [6.07, 6.45) is 1.58. The summed E-state index contributed by atoms with van der Waals surface area (Å²) in [6.45, 7) is 3.70. The SMILES string of the molecule is CO[C@@H]1CCCN(C(=O)[C@@H](NC(=O)[C@H](C)N)[C@H](C)O)[C@@H]1CCC(=O)N[C@@H](CCCCN)C(=O)O. The Labute approximate surface area is 200 Å². The zero-order chi connectivity index (χ0) is 25.8. The molecule has 0 aromatic rings. The Morgan fingerprint density at radius 3 is 2.38 bits per heavy atom. The van der Waals surface area contributed by atoms with Crippen LogP contribution in [-0.2, 0) is 23.9 Å². The third kappa shape index (κ3) is 9.16. The number of hydrogen-bond donors (Lipinski definition) is 6. The summed E-state index contributed by atoms with van der Waals surface area (Å²) in [5.74, 6) is -2.60. The van der Waals surface area contributed by atoms with Crippen LogP contribution in [0.15, 0.2) is 0 Å². The maximum absolute atomic E-state index is 13.3. The minimum Gasteiger partial charge on any atom is -0.480 e. The molecule has 3 amide bonds. The lowest BCUT2D eigenvalue weighted by atomic mass is 9.93. The van der Waals surface area contributed by atoms with Crippen molar-refractivity contribution in [2.45, 2.75) is 95.2 Å². The Balaban J connectivity index is 2.90. The lowest BCUT2D eigenvalue weighted by Crippen LogP contribution is -2.61. The number of carbonyl (C=O) groups excluding carboxylic acids is 3. The van der Waals surface area contributed by atoms with Crippen molar-refractivity contribution in [2.75, 3.05) is 20.2 Å². The normalized spacial score (nSPS) is 21.8. The van der Waals surface area contributed by atoms with Crippen LogP contribution < -0.4 is 22.1 Å². The van der Waals surface area contributed by atoms with Crippen LogP contribution in [0.2, 0.25) is 0 Å². The Kier molecular flexibility index (Phi) is 13.0. The van der Waals surface area contributed by atoms with Gasteiger partial charge in [0.1, 0.15) is 12.1 Å². The molecule has 196 valence electrons. The number of methoxy groups -OCH3 is 1. The van der Waals surface area contributed by atoms with Gasteiger partial charge in [0.25, 0.3) is 0 Å². The number of carbonyl (C=O) groups is 4. The first-order valence-electron chi connectivity index (χ1n) is 11.8. The molecule has 0 spiro atoms. The molecule has 0 bridgehead atoms. The maximum atomic E-state index is 13.3. The number of aliphatic carboxylic acids is 1. The van der Waals surface area contributed by atoms with Gasteiger partial charge in [0, 0.05) is 20.1 Å². The maximum Gasteiger partial charge on any atom is 0.326 e. The molecule has 1 fully saturated rings. The summed E-state index contributed by atoms with van der Waals surface area (Å²) in [5.41, 5.74) is 11.0. The van der Waals surface area contributed by atoms with Gasteiger partial charge in [-0.2, -0.15) is 0 Å². The van der Waals surface area contributed by atoms with Gasteiger partial charge in [0.05, 0.1) is 24.3 Å². The van der Waals surface area contributed by atoms with E-state index in [1.54, 1.807) is 0 Å². The molecule has 1 aliphatic rings. The monoisotopic (exact) mass is 487 g/mol. The fourth-order valence-electron chi connectivity index (χ4n) is 4.06. The zero-order valence-corrected chi connectivity index (χ0v) is 20.4. The molecule has 6 atom stereocenters. The average molecular weight is 488 g/mol. The number of amides is 3. The highest BCUT2D eigenvalue weighted by atomic mass is 16.5. The smallest absolute Gasteiger partial charge is 0.326 e. The molecule has 0 aliphatic carbocycles. The van der Waals surface area contributed by atoms with Gasteiger partial charge in [-0.3, -0.25) is 14.4 Å². The highest BCUT2D eigenvalue weighted by Crippen LogP contribution is 2.25. The first kappa shape index (κ1) is 29.8. The highest BCUT2D eigenvalue weighted by Gasteiger charge is 2.39. The van der Waals surface area contributed by atoms with Crippen molar-refractivity contribution in [3.63, 3.8) is 0 Å². The number of aliphatic hydroxyl groups is 1. The number of carboxylic acids is 1. The summed E-state index contributed by atoms with van der Waals surface area (Å²) in [5, 5.41) is 24.6. The third-order valence-corrected chi connectivity index (χ3v) is 6.01. The van der Waals surface area contributed by atoms with E-state index in [4.69, 9.17) is 16.2 Å². The molecule has 0 unspecified atom stereocenters. The largest absolute Gasteiger partial charge is 0.480 e. The van der Waals surface area contributed by atoms with E-state index in [9.17, 15) is 29.4 Å². The summed E-state index contributed by atoms with van der Waals surface area (Å²) in [4.78, 5) is 50.9. The summed E-state index contributed by atoms with van der Waals surface area (Å²) in [6, 6.07) is -3.53. The topological polar surface area (TPSA) is 197 Å². The molecule has 12 heteroatoms. The number of nitrogens with two attached hydrogens (primary N) is 2. The van der Waals surface area contributed by atoms with Gasteiger partial charge in [-0.05, 0) is 58.9 Å². The highest BCUT2D eigenvalue weighted by molar-refractivity contribution is 5.90. The van der Waals surface area contributed by atoms with Crippen molar-refractivity contribution in [2.24, 2.45) is 11.5 Å². The van der Waals surface area contributed by atoms with Crippen LogP contribution in [0, 0.1) is 0 Å². The Morgan fingerprint density at radius 2 is 1.85 bits per heavy atom. The molecule has 12 nitrogen and oxygen atoms in total. The van der Waals surface area contributed by atoms with Crippen LogP contribution in [0.3, 0.4) is 0 Å². The zero-order valence-electron chi connectivity index (χ0n) is 20.4. The number of rotatable bonds is 14. The van der Waals surface area contributed by atoms with E-state index in [1.807, 2.05) is 0 Å². The van der Waals surface area contributed by atoms with Crippen molar-refractivity contribution in [3.8, 4) is 0 Å². The average Bonchev–Trinajstić information content (AvgIpc) is 2.79. The molecule has 34 heavy (non-hydrogen) atoms. The molecule has 0 aromatic heterocycles. The van der Waals surface area contributed by atoms with Crippen LogP contribution in [0.5, 0.6) is 0 Å². The minimum atomic E-state index is -1.19. The molecular weight excluding hydrogens is 446 g/mol. The van der Waals surface area contributed by atoms with E-state index in [0.29, 0.717) is 38.8 Å². The molecule has 1 heterocycles. The van der Waals surface area contributed by atoms with Gasteiger partial charge in [0.15, 0.2) is 0 Å². The van der Waals surface area contributed by atoms with Gasteiger partial charge in [-0.15, -0.1) is 0 Å². The van der Waals surface area contributed by atoms with E-state index in [-0.39, 0.29) is 25.4 Å². The lowest BCUT2D eigenvalue weighted by Gasteiger charge is -2.42. The molecular formula is C22H41N5O7. The van der Waals surface area contributed by atoms with Crippen molar-refractivity contribution in [1.29, 1.82) is 0 Å². The van der Waals surface area contributed by atoms with Gasteiger partial charge in [0.2, 0.25) is 17.7 Å². The van der Waals surface area contributed by atoms with Crippen LogP contribution in [-0.4, -0.2) is 95.4 Å². The van der Waals surface area contributed by atoms with E-state index in [1.165, 1.54) is 25.9 Å². The number of hydrogen-bond acceptors (Lipinski definition) is 8. The fraction of sp³-hybridized carbons (Fsp3) is 0.818. The van der Waals surface area contributed by atoms with Crippen molar-refractivity contribution in [3.05, 3.63) is 0 Å². The number of nitrogens with one attached hydrogen (secondary N) is 2. The molecule has 0 aromatic carbocycles. The Bertz CT molecular complexity index is 689. The van der Waals surface area contributed by atoms with Crippen molar-refractivity contribution in [1.82, 2.24) is 15.5 Å². The number of likely N-dealkylation sites (tertiary alicyclic amines) is 1. The van der Waals surface area contributed by atoms with Crippen LogP contribution in [0.4, 0.5) is 0 Å². The quantitative estimate of drug-likeness (QED) is 0.161. The standard InChI is InChI=1S/C22H41N5O7/c1-13(24)20(30)26-19(14(2)28)21(31)27-12-6-8-17(34-3)16(27)9-10-18(29)25-15(22(32)33)7-4-5-11-23/h13-17,19,28H,4-12,23-24H2,1-3H3,(H,25,29)(H,26,30)(H,32,33)/t13-,14-,15-,16+,17+,19-/m0/s1. The van der Waals surface area contributed by atoms with Crippen molar-refractivity contribution < 1.29 is 34.1 Å². The molecule has 1 rings (SSSR count). The van der Waals surface area contributed by atoms with Crippen LogP contribution >= 0.6 is 0 Å². The molecule has 1 aliphatic heterocycles. The molecule has 8 N–H and O–H groups in total. The number of aliphatic hydroxyl groups excluding tert-OH is 1. The first-order chi connectivity index (χ1) is 16.0. The summed E-state index contributed by atoms with van der Waals surface area (Å²) >= 11 is 0. The minimum absolute atomic E-state index is 0.0134. The van der Waals surface area contributed by atoms with Crippen LogP contribution in [0.1, 0.15) is 58.8 Å². The summed E-state index contributed by atoms with van der Waals surface area (Å²) in [7, 11) is 1.52. The fourth-order valence-corrected chi connectivity index (χ4v) is 4.06. The number of unbranched alkanes of at least 4 members (excludes halogenated alkanes) is 1. The Hall–Kier alpha value is -2.28. The number of carboxylic acid groups (broad SMARTS) is 1. The van der Waals surface area contributed by atoms with E-state index in [0.717, 1.165) is 0 Å². The third-order valence-electron chi connectivity index (χ3n) is 6.01. The van der Waals surface area contributed by atoms with Gasteiger partial charge in [-0.1, -0.05) is 0 Å². The molecule has 0 radical (unpaired) electrons. The van der Waals surface area contributed by atoms with E-state index in [2.05, 4.69) is 10.6 Å². The lowest BCUT2D eigenvalue weighted by molar-refractivity contribution is -0.147. The summed E-state index contributed by atoms with van der Waals surface area (Å²) < 4.78 is 5.56. The van der Waals surface area contributed by atoms with E-state index < -0.39 is 54.0 Å². The molecule has 0 saturated carbocycles. The first-order valence-corrected chi connectivity index (χ1v) is 11.8. The van der Waals surface area contributed by atoms with Gasteiger partial charge in [-0.25, -0.2) is 4.79 Å². The molecule has 1 saturated heterocycles. The predicted octanol–water partition coefficient (Wildman–Crippen LogP) is -1.32. The van der Waals surface area contributed by atoms with Crippen LogP contribution in [0.25, 0.3) is 0 Å². The second-order valence-electron chi connectivity index (χ2n) is 8.81. The number of piperidine rings is 1. The predicted molar refractivity (Wildman–Crippen MR) is 124 cm³/mol. The van der Waals surface area contributed by atoms with E-state index >= 15 is 0 Å².